The number of nitro groups is 1. The number of terminal acetylenes is 1. The molecule has 1 N–H and O–H groups in total. The van der Waals surface area contributed by atoms with E-state index in [1.54, 1.807) is 60.5 Å². The van der Waals surface area contributed by atoms with Crippen molar-refractivity contribution in [2.75, 3.05) is 25.5 Å². The molecular formula is C21H19N3O4. The van der Waals surface area contributed by atoms with Crippen LogP contribution in [-0.4, -0.2) is 42.0 Å². The number of likely N-dealkylation sites (N-methyl/N-ethyl adjacent to an activating group) is 1. The molecule has 4 rings (SSSR count). The number of fused-ring (bicyclic) bond motifs is 2. The molecule has 0 aliphatic carbocycles. The highest BCUT2D eigenvalue weighted by atomic mass is 16.6. The maximum absolute atomic E-state index is 13.0. The average Bonchev–Trinajstić information content (AvgIpc) is 3.16. The minimum absolute atomic E-state index is 0.156. The number of carbonyl (C=O) groups is 1. The Bertz CT molecular complexity index is 982. The Kier molecular flexibility index (Phi) is 4.28. The molecule has 0 radical (unpaired) electrons. The summed E-state index contributed by atoms with van der Waals surface area (Å²) < 4.78 is 5.38. The highest BCUT2D eigenvalue weighted by Crippen LogP contribution is 2.51. The third-order valence-corrected chi connectivity index (χ3v) is 5.67. The second kappa shape index (κ2) is 6.66. The van der Waals surface area contributed by atoms with E-state index in [-0.39, 0.29) is 17.4 Å². The van der Waals surface area contributed by atoms with Gasteiger partial charge in [-0.05, 0) is 30.8 Å². The van der Waals surface area contributed by atoms with Crippen LogP contribution in [0.4, 0.5) is 5.69 Å². The van der Waals surface area contributed by atoms with Gasteiger partial charge in [-0.25, -0.2) is 0 Å². The molecule has 1 fully saturated rings. The highest BCUT2D eigenvalue weighted by Gasteiger charge is 2.68. The van der Waals surface area contributed by atoms with Crippen molar-refractivity contribution < 1.29 is 14.5 Å². The molecule has 7 heteroatoms. The summed E-state index contributed by atoms with van der Waals surface area (Å²) >= 11 is 0. The van der Waals surface area contributed by atoms with Gasteiger partial charge in [-0.3, -0.25) is 19.8 Å². The molecule has 7 nitrogen and oxygen atoms in total. The van der Waals surface area contributed by atoms with Crippen molar-refractivity contribution >= 4 is 11.6 Å². The zero-order valence-corrected chi connectivity index (χ0v) is 15.3. The van der Waals surface area contributed by atoms with Gasteiger partial charge in [0.1, 0.15) is 12.4 Å². The molecule has 1 saturated heterocycles. The lowest BCUT2D eigenvalue weighted by molar-refractivity contribution is -0.534. The molecule has 0 bridgehead atoms. The molecule has 2 aromatic carbocycles. The van der Waals surface area contributed by atoms with Crippen LogP contribution >= 0.6 is 0 Å². The van der Waals surface area contributed by atoms with Crippen molar-refractivity contribution in [1.29, 1.82) is 0 Å². The van der Waals surface area contributed by atoms with E-state index in [1.165, 1.54) is 0 Å². The molecule has 2 aromatic rings. The first-order valence-corrected chi connectivity index (χ1v) is 8.92. The highest BCUT2D eigenvalue weighted by molar-refractivity contribution is 6.06. The molecule has 1 amide bonds. The smallest absolute Gasteiger partial charge is 0.256 e. The number of benzene rings is 2. The van der Waals surface area contributed by atoms with E-state index in [1.807, 2.05) is 0 Å². The molecule has 2 aliphatic rings. The Morgan fingerprint density at radius 2 is 2.04 bits per heavy atom. The van der Waals surface area contributed by atoms with Crippen LogP contribution in [-0.2, 0) is 10.3 Å². The molecule has 2 heterocycles. The second-order valence-electron chi connectivity index (χ2n) is 7.05. The summed E-state index contributed by atoms with van der Waals surface area (Å²) in [5, 5.41) is 15.0. The van der Waals surface area contributed by atoms with Gasteiger partial charge in [0.2, 0.25) is 0 Å². The van der Waals surface area contributed by atoms with Gasteiger partial charge in [-0.2, -0.15) is 0 Å². The van der Waals surface area contributed by atoms with Crippen molar-refractivity contribution in [1.82, 2.24) is 4.90 Å². The monoisotopic (exact) mass is 377 g/mol. The summed E-state index contributed by atoms with van der Waals surface area (Å²) in [6, 6.07) is 13.2. The Hall–Kier alpha value is -3.37. The normalized spacial score (nSPS) is 25.9. The van der Waals surface area contributed by atoms with Gasteiger partial charge < -0.3 is 10.1 Å². The van der Waals surface area contributed by atoms with Gasteiger partial charge in [-0.1, -0.05) is 36.3 Å². The lowest BCUT2D eigenvalue weighted by Crippen LogP contribution is -2.54. The molecule has 0 unspecified atom stereocenters. The lowest BCUT2D eigenvalue weighted by atomic mass is 9.79. The fraction of sp³-hybridized carbons (Fsp3) is 0.286. The van der Waals surface area contributed by atoms with E-state index in [4.69, 9.17) is 11.2 Å². The van der Waals surface area contributed by atoms with Crippen LogP contribution in [0.15, 0.2) is 48.5 Å². The van der Waals surface area contributed by atoms with E-state index < -0.39 is 17.5 Å². The topological polar surface area (TPSA) is 84.7 Å². The number of rotatable bonds is 4. The molecular weight excluding hydrogens is 358 g/mol. The van der Waals surface area contributed by atoms with Crippen LogP contribution in [0.5, 0.6) is 5.75 Å². The third kappa shape index (κ3) is 2.46. The number of ether oxygens (including phenoxy) is 1. The predicted octanol–water partition coefficient (Wildman–Crippen LogP) is 2.22. The number of anilines is 1. The van der Waals surface area contributed by atoms with Crippen molar-refractivity contribution in [2.24, 2.45) is 0 Å². The minimum Gasteiger partial charge on any atom is -0.481 e. The number of hydrogen-bond acceptors (Lipinski definition) is 5. The number of carbonyl (C=O) groups excluding carboxylic acids is 1. The summed E-state index contributed by atoms with van der Waals surface area (Å²) in [5.74, 6) is 2.20. The maximum Gasteiger partial charge on any atom is 0.256 e. The summed E-state index contributed by atoms with van der Waals surface area (Å²) in [5.41, 5.74) is 0.741. The number of likely N-dealkylation sites (tertiary alicyclic amines) is 1. The zero-order valence-electron chi connectivity index (χ0n) is 15.3. The van der Waals surface area contributed by atoms with Gasteiger partial charge in [0.25, 0.3) is 11.9 Å². The Labute approximate surface area is 162 Å². The molecule has 1 spiro atoms. The Morgan fingerprint density at radius 1 is 1.32 bits per heavy atom. The van der Waals surface area contributed by atoms with E-state index in [2.05, 4.69) is 11.2 Å². The van der Waals surface area contributed by atoms with Gasteiger partial charge in [-0.15, -0.1) is 6.42 Å². The van der Waals surface area contributed by atoms with E-state index in [9.17, 15) is 14.9 Å². The first-order valence-electron chi connectivity index (χ1n) is 8.92. The quantitative estimate of drug-likeness (QED) is 0.502. The van der Waals surface area contributed by atoms with E-state index in [0.29, 0.717) is 23.5 Å². The van der Waals surface area contributed by atoms with Gasteiger partial charge >= 0.3 is 0 Å². The van der Waals surface area contributed by atoms with E-state index in [0.717, 1.165) is 5.56 Å². The van der Waals surface area contributed by atoms with Crippen LogP contribution in [0.2, 0.25) is 0 Å². The predicted molar refractivity (Wildman–Crippen MR) is 104 cm³/mol. The second-order valence-corrected chi connectivity index (χ2v) is 7.05. The largest absolute Gasteiger partial charge is 0.481 e. The summed E-state index contributed by atoms with van der Waals surface area (Å²) in [6.45, 7) is 0.543. The molecule has 28 heavy (non-hydrogen) atoms. The molecule has 2 aliphatic heterocycles. The Morgan fingerprint density at radius 3 is 2.71 bits per heavy atom. The number of hydrogen-bond donors (Lipinski definition) is 1. The van der Waals surface area contributed by atoms with Crippen LogP contribution in [0, 0.1) is 22.5 Å². The van der Waals surface area contributed by atoms with Crippen LogP contribution < -0.4 is 10.1 Å². The minimum atomic E-state index is -1.33. The molecule has 0 aromatic heterocycles. The van der Waals surface area contributed by atoms with Crippen molar-refractivity contribution in [3.05, 3.63) is 69.8 Å². The Balaban J connectivity index is 1.77. The van der Waals surface area contributed by atoms with Crippen molar-refractivity contribution in [2.45, 2.75) is 17.5 Å². The lowest BCUT2D eigenvalue weighted by Gasteiger charge is -2.30. The van der Waals surface area contributed by atoms with Crippen molar-refractivity contribution in [3.63, 3.8) is 0 Å². The van der Waals surface area contributed by atoms with Crippen LogP contribution in [0.1, 0.15) is 17.0 Å². The number of para-hydroxylation sites is 1. The molecule has 0 saturated carbocycles. The van der Waals surface area contributed by atoms with Crippen LogP contribution in [0.3, 0.4) is 0 Å². The fourth-order valence-electron chi connectivity index (χ4n) is 4.52. The van der Waals surface area contributed by atoms with Gasteiger partial charge in [0.15, 0.2) is 5.54 Å². The summed E-state index contributed by atoms with van der Waals surface area (Å²) in [6.07, 6.45) is 5.20. The third-order valence-electron chi connectivity index (χ3n) is 5.67. The molecule has 142 valence electrons. The zero-order chi connectivity index (χ0) is 19.9. The number of amides is 1. The standard InChI is InChI=1S/C21H19N3O4/c1-3-12-28-15-10-8-14(9-11-15)16-13-23(2)21(19(16)24(26)27)17-6-4-5-7-18(17)22-20(21)25/h1,4-11,16,19H,12-13H2,2H3,(H,22,25)/t16-,19-,21-/m0/s1. The molecule has 3 atom stereocenters. The SMILES string of the molecule is C#CCOc1ccc([C@@H]2CN(C)[C@]3(C(=O)Nc4ccccc43)[C@H]2[N+](=O)[O-])cc1. The maximum atomic E-state index is 13.0. The fourth-order valence-corrected chi connectivity index (χ4v) is 4.52. The van der Waals surface area contributed by atoms with Gasteiger partial charge in [0, 0.05) is 22.7 Å². The first-order chi connectivity index (χ1) is 13.5. The number of nitrogens with zero attached hydrogens (tertiary/aromatic N) is 2. The van der Waals surface area contributed by atoms with Gasteiger partial charge in [0.05, 0.1) is 5.92 Å². The number of nitrogens with one attached hydrogen (secondary N) is 1. The first kappa shape index (κ1) is 18.0. The summed E-state index contributed by atoms with van der Waals surface area (Å²) in [4.78, 5) is 26.7. The van der Waals surface area contributed by atoms with E-state index >= 15 is 0 Å². The average molecular weight is 377 g/mol. The summed E-state index contributed by atoms with van der Waals surface area (Å²) in [7, 11) is 1.77. The van der Waals surface area contributed by atoms with Crippen LogP contribution in [0.25, 0.3) is 0 Å². The van der Waals surface area contributed by atoms with Crippen molar-refractivity contribution in [3.8, 4) is 18.1 Å².